The van der Waals surface area contributed by atoms with Crippen molar-refractivity contribution in [1.29, 1.82) is 0 Å². The first-order chi connectivity index (χ1) is 10.3. The van der Waals surface area contributed by atoms with Crippen molar-refractivity contribution < 1.29 is 9.94 Å². The van der Waals surface area contributed by atoms with Gasteiger partial charge in [-0.15, -0.1) is 0 Å². The number of aromatic nitrogens is 1. The minimum absolute atomic E-state index is 0.415. The Kier molecular flexibility index (Phi) is 3.78. The highest BCUT2D eigenvalue weighted by Gasteiger charge is 2.00. The van der Waals surface area contributed by atoms with Gasteiger partial charge in [-0.05, 0) is 42.0 Å². The molecular formula is C17H14N2O2. The minimum Gasteiger partial charge on any atom is -0.487 e. The van der Waals surface area contributed by atoms with Crippen LogP contribution in [-0.4, -0.2) is 16.4 Å². The van der Waals surface area contributed by atoms with Gasteiger partial charge in [0.05, 0.1) is 17.4 Å². The van der Waals surface area contributed by atoms with Crippen LogP contribution in [0.15, 0.2) is 65.8 Å². The fourth-order valence-corrected chi connectivity index (χ4v) is 2.06. The van der Waals surface area contributed by atoms with E-state index >= 15 is 0 Å². The van der Waals surface area contributed by atoms with E-state index in [0.29, 0.717) is 6.61 Å². The molecule has 21 heavy (non-hydrogen) atoms. The fraction of sp³-hybridized carbons (Fsp3) is 0.0588. The number of ether oxygens (including phenoxy) is 1. The SMILES string of the molecule is ON=Cc1ccc(OCc2ccc3ccccc3n2)cc1. The van der Waals surface area contributed by atoms with Crippen molar-refractivity contribution in [3.05, 3.63) is 71.9 Å². The molecule has 0 amide bonds. The molecular weight excluding hydrogens is 264 g/mol. The van der Waals surface area contributed by atoms with Gasteiger partial charge in [0, 0.05) is 5.39 Å². The van der Waals surface area contributed by atoms with E-state index in [9.17, 15) is 0 Å². The molecule has 1 heterocycles. The van der Waals surface area contributed by atoms with Crippen molar-refractivity contribution in [2.24, 2.45) is 5.16 Å². The zero-order chi connectivity index (χ0) is 14.5. The number of hydrogen-bond acceptors (Lipinski definition) is 4. The van der Waals surface area contributed by atoms with E-state index in [1.807, 2.05) is 60.7 Å². The molecule has 0 radical (unpaired) electrons. The van der Waals surface area contributed by atoms with Crippen LogP contribution in [0.2, 0.25) is 0 Å². The summed E-state index contributed by atoms with van der Waals surface area (Å²) in [6, 6.07) is 19.3. The lowest BCUT2D eigenvalue weighted by atomic mass is 10.2. The summed E-state index contributed by atoms with van der Waals surface area (Å²) in [7, 11) is 0. The summed E-state index contributed by atoms with van der Waals surface area (Å²) in [5.41, 5.74) is 2.66. The van der Waals surface area contributed by atoms with E-state index in [2.05, 4.69) is 10.1 Å². The van der Waals surface area contributed by atoms with Gasteiger partial charge in [-0.2, -0.15) is 0 Å². The number of nitrogens with zero attached hydrogens (tertiary/aromatic N) is 2. The monoisotopic (exact) mass is 278 g/mol. The molecule has 0 atom stereocenters. The van der Waals surface area contributed by atoms with Gasteiger partial charge in [0.1, 0.15) is 12.4 Å². The summed E-state index contributed by atoms with van der Waals surface area (Å²) in [5, 5.41) is 12.6. The number of oxime groups is 1. The van der Waals surface area contributed by atoms with Gasteiger partial charge in [-0.25, -0.2) is 4.98 Å². The molecule has 0 fully saturated rings. The molecule has 1 N–H and O–H groups in total. The predicted molar refractivity (Wildman–Crippen MR) is 81.9 cm³/mol. The first-order valence-corrected chi connectivity index (χ1v) is 6.60. The molecule has 3 rings (SSSR count). The standard InChI is InChI=1S/C17H14N2O2/c20-18-11-13-5-9-16(10-6-13)21-12-15-8-7-14-3-1-2-4-17(14)19-15/h1-11,20H,12H2. The van der Waals surface area contributed by atoms with E-state index in [1.165, 1.54) is 6.21 Å². The van der Waals surface area contributed by atoms with Crippen LogP contribution >= 0.6 is 0 Å². The first kappa shape index (κ1) is 13.1. The summed E-state index contributed by atoms with van der Waals surface area (Å²) in [6.07, 6.45) is 1.37. The molecule has 0 aliphatic heterocycles. The number of fused-ring (bicyclic) bond motifs is 1. The molecule has 0 aliphatic carbocycles. The van der Waals surface area contributed by atoms with Gasteiger partial charge in [0.15, 0.2) is 0 Å². The minimum atomic E-state index is 0.415. The Morgan fingerprint density at radius 2 is 1.81 bits per heavy atom. The molecule has 1 aromatic heterocycles. The van der Waals surface area contributed by atoms with E-state index in [1.54, 1.807) is 0 Å². The Morgan fingerprint density at radius 3 is 2.62 bits per heavy atom. The molecule has 0 spiro atoms. The summed E-state index contributed by atoms with van der Waals surface area (Å²) in [6.45, 7) is 0.415. The third-order valence-electron chi connectivity index (χ3n) is 3.13. The topological polar surface area (TPSA) is 54.7 Å². The van der Waals surface area contributed by atoms with Crippen molar-refractivity contribution in [3.63, 3.8) is 0 Å². The predicted octanol–water partition coefficient (Wildman–Crippen LogP) is 3.62. The molecule has 0 unspecified atom stereocenters. The zero-order valence-corrected chi connectivity index (χ0v) is 11.3. The van der Waals surface area contributed by atoms with Gasteiger partial charge in [-0.3, -0.25) is 0 Å². The summed E-state index contributed by atoms with van der Waals surface area (Å²) in [4.78, 5) is 4.56. The van der Waals surface area contributed by atoms with Crippen molar-refractivity contribution in [1.82, 2.24) is 4.98 Å². The van der Waals surface area contributed by atoms with Gasteiger partial charge in [-0.1, -0.05) is 29.4 Å². The van der Waals surface area contributed by atoms with Crippen LogP contribution in [0.25, 0.3) is 10.9 Å². The second-order valence-electron chi connectivity index (χ2n) is 4.60. The van der Waals surface area contributed by atoms with Crippen molar-refractivity contribution in [3.8, 4) is 5.75 Å². The Bertz CT molecular complexity index is 767. The number of para-hydroxylation sites is 1. The summed E-state index contributed by atoms with van der Waals surface area (Å²) >= 11 is 0. The highest BCUT2D eigenvalue weighted by Crippen LogP contribution is 2.15. The normalized spacial score (nSPS) is 11.0. The molecule has 2 aromatic carbocycles. The van der Waals surface area contributed by atoms with Crippen molar-refractivity contribution in [2.75, 3.05) is 0 Å². The second-order valence-corrected chi connectivity index (χ2v) is 4.60. The fourth-order valence-electron chi connectivity index (χ4n) is 2.06. The highest BCUT2D eigenvalue weighted by atomic mass is 16.5. The molecule has 0 aliphatic rings. The Balaban J connectivity index is 1.70. The quantitative estimate of drug-likeness (QED) is 0.450. The van der Waals surface area contributed by atoms with E-state index in [0.717, 1.165) is 27.9 Å². The average molecular weight is 278 g/mol. The van der Waals surface area contributed by atoms with Crippen LogP contribution in [0.4, 0.5) is 0 Å². The van der Waals surface area contributed by atoms with Crippen LogP contribution in [0, 0.1) is 0 Å². The Morgan fingerprint density at radius 1 is 1.00 bits per heavy atom. The van der Waals surface area contributed by atoms with Gasteiger partial charge < -0.3 is 9.94 Å². The molecule has 4 heteroatoms. The van der Waals surface area contributed by atoms with Gasteiger partial charge in [0.25, 0.3) is 0 Å². The number of rotatable bonds is 4. The van der Waals surface area contributed by atoms with Crippen LogP contribution in [0.1, 0.15) is 11.3 Å². The van der Waals surface area contributed by atoms with E-state index in [4.69, 9.17) is 9.94 Å². The first-order valence-electron chi connectivity index (χ1n) is 6.60. The third kappa shape index (κ3) is 3.17. The maximum Gasteiger partial charge on any atom is 0.130 e. The van der Waals surface area contributed by atoms with Crippen LogP contribution < -0.4 is 4.74 Å². The van der Waals surface area contributed by atoms with Crippen LogP contribution in [0.5, 0.6) is 5.75 Å². The van der Waals surface area contributed by atoms with E-state index < -0.39 is 0 Å². The van der Waals surface area contributed by atoms with Crippen molar-refractivity contribution in [2.45, 2.75) is 6.61 Å². The maximum atomic E-state index is 8.46. The zero-order valence-electron chi connectivity index (χ0n) is 11.3. The van der Waals surface area contributed by atoms with Crippen LogP contribution in [-0.2, 0) is 6.61 Å². The van der Waals surface area contributed by atoms with Gasteiger partial charge in [0.2, 0.25) is 0 Å². The average Bonchev–Trinajstić information content (AvgIpc) is 2.54. The highest BCUT2D eigenvalue weighted by molar-refractivity contribution is 5.79. The third-order valence-corrected chi connectivity index (χ3v) is 3.13. The van der Waals surface area contributed by atoms with E-state index in [-0.39, 0.29) is 0 Å². The number of hydrogen-bond donors (Lipinski definition) is 1. The maximum absolute atomic E-state index is 8.46. The Hall–Kier alpha value is -2.88. The molecule has 3 aromatic rings. The second kappa shape index (κ2) is 6.05. The number of benzene rings is 2. The van der Waals surface area contributed by atoms with Crippen molar-refractivity contribution >= 4 is 17.1 Å². The molecule has 0 saturated carbocycles. The number of pyridine rings is 1. The lowest BCUT2D eigenvalue weighted by Gasteiger charge is -2.07. The summed E-state index contributed by atoms with van der Waals surface area (Å²) < 4.78 is 5.70. The Labute approximate surface area is 122 Å². The molecule has 4 nitrogen and oxygen atoms in total. The molecule has 0 bridgehead atoms. The largest absolute Gasteiger partial charge is 0.487 e. The molecule has 104 valence electrons. The smallest absolute Gasteiger partial charge is 0.130 e. The van der Waals surface area contributed by atoms with Gasteiger partial charge >= 0.3 is 0 Å². The lowest BCUT2D eigenvalue weighted by molar-refractivity contribution is 0.302. The summed E-state index contributed by atoms with van der Waals surface area (Å²) in [5.74, 6) is 0.750. The van der Waals surface area contributed by atoms with Crippen LogP contribution in [0.3, 0.4) is 0 Å². The lowest BCUT2D eigenvalue weighted by Crippen LogP contribution is -1.98. The molecule has 0 saturated heterocycles.